The average molecular weight is 313 g/mol. The summed E-state index contributed by atoms with van der Waals surface area (Å²) in [6, 6.07) is 20.2. The number of anilines is 2. The molecule has 3 aromatic rings. The Labute approximate surface area is 128 Å². The Hall–Kier alpha value is -2.57. The van der Waals surface area contributed by atoms with Gasteiger partial charge in [-0.15, -0.1) is 0 Å². The number of hydrazine groups is 1. The summed E-state index contributed by atoms with van der Waals surface area (Å²) < 4.78 is 22.4. The largest absolute Gasteiger partial charge is 0.301 e. The van der Waals surface area contributed by atoms with Gasteiger partial charge in [0.1, 0.15) is 0 Å². The van der Waals surface area contributed by atoms with Gasteiger partial charge in [-0.05, 0) is 35.7 Å². The Bertz CT molecular complexity index is 901. The van der Waals surface area contributed by atoms with Crippen LogP contribution in [0.4, 0.5) is 11.4 Å². The first kappa shape index (κ1) is 14.4. The first-order valence-electron chi connectivity index (χ1n) is 6.67. The minimum Gasteiger partial charge on any atom is -0.301 e. The van der Waals surface area contributed by atoms with Crippen molar-refractivity contribution in [3.8, 4) is 0 Å². The molecule has 4 N–H and O–H groups in total. The van der Waals surface area contributed by atoms with Gasteiger partial charge >= 0.3 is 0 Å². The first-order valence-corrected chi connectivity index (χ1v) is 8.21. The standard InChI is InChI=1S/C16H15N3O2S/c17-22(20,21)14-10-8-13(9-11-14)18-19-16-7-3-5-12-4-1-2-6-15(12)16/h1-11,18-19H,(H2,17,20,21). The van der Waals surface area contributed by atoms with Gasteiger partial charge in [0, 0.05) is 5.39 Å². The number of primary sulfonamides is 1. The normalized spacial score (nSPS) is 11.3. The minimum atomic E-state index is -3.66. The highest BCUT2D eigenvalue weighted by Crippen LogP contribution is 2.23. The van der Waals surface area contributed by atoms with E-state index in [1.165, 1.54) is 12.1 Å². The molecule has 0 aromatic heterocycles. The highest BCUT2D eigenvalue weighted by atomic mass is 32.2. The molecule has 0 radical (unpaired) electrons. The van der Waals surface area contributed by atoms with Crippen molar-refractivity contribution in [3.05, 3.63) is 66.7 Å². The highest BCUT2D eigenvalue weighted by molar-refractivity contribution is 7.89. The predicted octanol–water partition coefficient (Wildman–Crippen LogP) is 2.93. The van der Waals surface area contributed by atoms with Gasteiger partial charge in [-0.1, -0.05) is 36.4 Å². The van der Waals surface area contributed by atoms with E-state index >= 15 is 0 Å². The van der Waals surface area contributed by atoms with Crippen LogP contribution in [0.5, 0.6) is 0 Å². The smallest absolute Gasteiger partial charge is 0.238 e. The predicted molar refractivity (Wildman–Crippen MR) is 89.0 cm³/mol. The molecule has 0 heterocycles. The lowest BCUT2D eigenvalue weighted by molar-refractivity contribution is 0.598. The van der Waals surface area contributed by atoms with Gasteiger partial charge in [-0.2, -0.15) is 0 Å². The summed E-state index contributed by atoms with van der Waals surface area (Å²) in [6.07, 6.45) is 0. The fourth-order valence-corrected chi connectivity index (χ4v) is 2.72. The van der Waals surface area contributed by atoms with Crippen LogP contribution in [0.2, 0.25) is 0 Å². The summed E-state index contributed by atoms with van der Waals surface area (Å²) in [4.78, 5) is 0.0863. The maximum atomic E-state index is 11.2. The van der Waals surface area contributed by atoms with Crippen LogP contribution in [0.1, 0.15) is 0 Å². The molecule has 5 nitrogen and oxygen atoms in total. The van der Waals surface area contributed by atoms with E-state index in [9.17, 15) is 8.42 Å². The van der Waals surface area contributed by atoms with Crippen molar-refractivity contribution in [2.24, 2.45) is 5.14 Å². The van der Waals surface area contributed by atoms with Crippen molar-refractivity contribution in [2.45, 2.75) is 4.90 Å². The van der Waals surface area contributed by atoms with Crippen molar-refractivity contribution in [1.82, 2.24) is 0 Å². The fraction of sp³-hybridized carbons (Fsp3) is 0. The fourth-order valence-electron chi connectivity index (χ4n) is 2.20. The zero-order valence-corrected chi connectivity index (χ0v) is 12.5. The van der Waals surface area contributed by atoms with Crippen molar-refractivity contribution < 1.29 is 8.42 Å². The van der Waals surface area contributed by atoms with Crippen LogP contribution in [0.15, 0.2) is 71.6 Å². The maximum absolute atomic E-state index is 11.2. The lowest BCUT2D eigenvalue weighted by Crippen LogP contribution is -2.13. The van der Waals surface area contributed by atoms with E-state index in [-0.39, 0.29) is 4.90 Å². The van der Waals surface area contributed by atoms with E-state index < -0.39 is 10.0 Å². The van der Waals surface area contributed by atoms with Crippen molar-refractivity contribution in [3.63, 3.8) is 0 Å². The Kier molecular flexibility index (Phi) is 3.70. The molecule has 0 saturated heterocycles. The zero-order chi connectivity index (χ0) is 15.6. The lowest BCUT2D eigenvalue weighted by Gasteiger charge is -2.12. The number of sulfonamides is 1. The molecule has 0 saturated carbocycles. The number of nitrogens with two attached hydrogens (primary N) is 1. The Morgan fingerprint density at radius 1 is 0.773 bits per heavy atom. The molecular weight excluding hydrogens is 298 g/mol. The molecule has 0 aliphatic carbocycles. The quantitative estimate of drug-likeness (QED) is 0.647. The van der Waals surface area contributed by atoms with Crippen molar-refractivity contribution in [1.29, 1.82) is 0 Å². The topological polar surface area (TPSA) is 84.2 Å². The van der Waals surface area contributed by atoms with E-state index in [1.807, 2.05) is 42.5 Å². The summed E-state index contributed by atoms with van der Waals surface area (Å²) in [5.74, 6) is 0. The van der Waals surface area contributed by atoms with E-state index in [2.05, 4.69) is 10.9 Å². The summed E-state index contributed by atoms with van der Waals surface area (Å²) in [7, 11) is -3.66. The van der Waals surface area contributed by atoms with Crippen LogP contribution < -0.4 is 16.0 Å². The molecule has 0 bridgehead atoms. The second kappa shape index (κ2) is 5.67. The van der Waals surface area contributed by atoms with Gasteiger partial charge in [0.15, 0.2) is 0 Å². The van der Waals surface area contributed by atoms with Crippen LogP contribution in [-0.4, -0.2) is 8.42 Å². The van der Waals surface area contributed by atoms with Crippen molar-refractivity contribution in [2.75, 3.05) is 10.9 Å². The molecule has 22 heavy (non-hydrogen) atoms. The second-order valence-electron chi connectivity index (χ2n) is 4.85. The molecule has 3 rings (SSSR count). The van der Waals surface area contributed by atoms with Gasteiger partial charge in [-0.25, -0.2) is 13.6 Å². The molecule has 0 amide bonds. The third-order valence-electron chi connectivity index (χ3n) is 3.31. The molecule has 0 aliphatic heterocycles. The highest BCUT2D eigenvalue weighted by Gasteiger charge is 2.06. The number of hydrogen-bond acceptors (Lipinski definition) is 4. The van der Waals surface area contributed by atoms with Crippen LogP contribution in [0, 0.1) is 0 Å². The molecule has 0 atom stereocenters. The average Bonchev–Trinajstić information content (AvgIpc) is 2.52. The lowest BCUT2D eigenvalue weighted by atomic mass is 10.1. The number of rotatable bonds is 4. The summed E-state index contributed by atoms with van der Waals surface area (Å²) in [5, 5.41) is 7.30. The third-order valence-corrected chi connectivity index (χ3v) is 4.24. The first-order chi connectivity index (χ1) is 10.5. The van der Waals surface area contributed by atoms with E-state index in [0.717, 1.165) is 22.1 Å². The monoisotopic (exact) mass is 313 g/mol. The Morgan fingerprint density at radius 2 is 1.45 bits per heavy atom. The van der Waals surface area contributed by atoms with E-state index in [0.29, 0.717) is 0 Å². The molecule has 3 aromatic carbocycles. The molecule has 0 spiro atoms. The molecule has 0 fully saturated rings. The van der Waals surface area contributed by atoms with Crippen molar-refractivity contribution >= 4 is 32.2 Å². The molecule has 112 valence electrons. The van der Waals surface area contributed by atoms with Crippen LogP contribution >= 0.6 is 0 Å². The van der Waals surface area contributed by atoms with E-state index in [4.69, 9.17) is 5.14 Å². The molecule has 0 aliphatic rings. The van der Waals surface area contributed by atoms with Gasteiger partial charge in [0.25, 0.3) is 0 Å². The molecule has 6 heteroatoms. The van der Waals surface area contributed by atoms with E-state index in [1.54, 1.807) is 12.1 Å². The number of nitrogens with one attached hydrogen (secondary N) is 2. The van der Waals surface area contributed by atoms with Gasteiger partial charge < -0.3 is 10.9 Å². The summed E-state index contributed by atoms with van der Waals surface area (Å²) in [6.45, 7) is 0. The maximum Gasteiger partial charge on any atom is 0.238 e. The molecule has 0 unspecified atom stereocenters. The number of fused-ring (bicyclic) bond motifs is 1. The number of benzene rings is 3. The van der Waals surface area contributed by atoms with Crippen LogP contribution in [0.25, 0.3) is 10.8 Å². The zero-order valence-electron chi connectivity index (χ0n) is 11.7. The van der Waals surface area contributed by atoms with Crippen LogP contribution in [-0.2, 0) is 10.0 Å². The Balaban J connectivity index is 1.80. The number of hydrogen-bond donors (Lipinski definition) is 3. The van der Waals surface area contributed by atoms with Gasteiger partial charge in [-0.3, -0.25) is 0 Å². The van der Waals surface area contributed by atoms with Gasteiger partial charge in [0.05, 0.1) is 16.3 Å². The minimum absolute atomic E-state index is 0.0863. The van der Waals surface area contributed by atoms with Gasteiger partial charge in [0.2, 0.25) is 10.0 Å². The second-order valence-corrected chi connectivity index (χ2v) is 6.41. The SMILES string of the molecule is NS(=O)(=O)c1ccc(NNc2cccc3ccccc23)cc1. The summed E-state index contributed by atoms with van der Waals surface area (Å²) >= 11 is 0. The Morgan fingerprint density at radius 3 is 2.18 bits per heavy atom. The van der Waals surface area contributed by atoms with Crippen LogP contribution in [0.3, 0.4) is 0 Å². The summed E-state index contributed by atoms with van der Waals surface area (Å²) in [5.41, 5.74) is 7.85. The third kappa shape index (κ3) is 3.03. The molecular formula is C16H15N3O2S.